The first-order valence-electron chi connectivity index (χ1n) is 7.05. The van der Waals surface area contributed by atoms with E-state index in [1.54, 1.807) is 18.2 Å². The number of benzene rings is 1. The van der Waals surface area contributed by atoms with Crippen molar-refractivity contribution >= 4 is 46.3 Å². The Kier molecular flexibility index (Phi) is 5.54. The number of aliphatic carboxylic acids is 1. The molecule has 0 aromatic heterocycles. The molecule has 1 aromatic rings. The molecule has 0 aliphatic carbocycles. The molecule has 1 saturated heterocycles. The van der Waals surface area contributed by atoms with E-state index in [0.29, 0.717) is 16.9 Å². The Hall–Kier alpha value is -1.73. The minimum absolute atomic E-state index is 0.113. The van der Waals surface area contributed by atoms with E-state index in [2.05, 4.69) is 0 Å². The Morgan fingerprint density at radius 1 is 1.39 bits per heavy atom. The fourth-order valence-corrected chi connectivity index (χ4v) is 3.58. The molecule has 1 atom stereocenters. The largest absolute Gasteiger partial charge is 0.480 e. The summed E-state index contributed by atoms with van der Waals surface area (Å²) in [5.41, 5.74) is 0.655. The van der Waals surface area contributed by atoms with Gasteiger partial charge in [0.05, 0.1) is 4.91 Å². The summed E-state index contributed by atoms with van der Waals surface area (Å²) >= 11 is 6.25. The number of thiocarbonyl (C=S) groups is 1. The lowest BCUT2D eigenvalue weighted by Crippen LogP contribution is -2.44. The van der Waals surface area contributed by atoms with Gasteiger partial charge in [0.15, 0.2) is 0 Å². The smallest absolute Gasteiger partial charge is 0.326 e. The first-order valence-corrected chi connectivity index (χ1v) is 8.27. The van der Waals surface area contributed by atoms with Crippen LogP contribution in [0.5, 0.6) is 0 Å². The van der Waals surface area contributed by atoms with Crippen LogP contribution in [0.15, 0.2) is 29.2 Å². The molecule has 0 saturated carbocycles. The van der Waals surface area contributed by atoms with E-state index >= 15 is 0 Å². The van der Waals surface area contributed by atoms with E-state index in [4.69, 9.17) is 12.2 Å². The number of carbonyl (C=O) groups excluding carboxylic acids is 1. The Morgan fingerprint density at radius 2 is 2.00 bits per heavy atom. The van der Waals surface area contributed by atoms with Crippen LogP contribution in [0, 0.1) is 11.7 Å². The molecule has 1 aromatic carbocycles. The minimum Gasteiger partial charge on any atom is -0.480 e. The lowest BCUT2D eigenvalue weighted by molar-refractivity contribution is -0.145. The predicted molar refractivity (Wildman–Crippen MR) is 92.3 cm³/mol. The lowest BCUT2D eigenvalue weighted by Gasteiger charge is -2.24. The average Bonchev–Trinajstić information content (AvgIpc) is 2.73. The third kappa shape index (κ3) is 4.17. The van der Waals surface area contributed by atoms with Gasteiger partial charge in [0.25, 0.3) is 5.91 Å². The maximum absolute atomic E-state index is 12.9. The highest BCUT2D eigenvalue weighted by molar-refractivity contribution is 8.26. The van der Waals surface area contributed by atoms with Gasteiger partial charge in [0.1, 0.15) is 16.2 Å². The summed E-state index contributed by atoms with van der Waals surface area (Å²) in [7, 11) is 0. The zero-order valence-electron chi connectivity index (χ0n) is 12.7. The number of carboxylic acid groups (broad SMARTS) is 1. The van der Waals surface area contributed by atoms with Crippen molar-refractivity contribution in [3.63, 3.8) is 0 Å². The highest BCUT2D eigenvalue weighted by atomic mass is 32.2. The maximum atomic E-state index is 12.9. The molecule has 1 fully saturated rings. The Morgan fingerprint density at radius 3 is 2.52 bits per heavy atom. The number of hydrogen-bond acceptors (Lipinski definition) is 4. The molecule has 1 heterocycles. The van der Waals surface area contributed by atoms with Gasteiger partial charge in [-0.15, -0.1) is 0 Å². The van der Waals surface area contributed by atoms with Crippen LogP contribution in [-0.2, 0) is 9.59 Å². The second kappa shape index (κ2) is 7.23. The highest BCUT2D eigenvalue weighted by Gasteiger charge is 2.40. The van der Waals surface area contributed by atoms with Crippen molar-refractivity contribution in [1.82, 2.24) is 4.90 Å². The van der Waals surface area contributed by atoms with Crippen LogP contribution >= 0.6 is 24.0 Å². The van der Waals surface area contributed by atoms with Crippen LogP contribution in [0.25, 0.3) is 6.08 Å². The topological polar surface area (TPSA) is 57.6 Å². The quantitative estimate of drug-likeness (QED) is 0.648. The Labute approximate surface area is 143 Å². The number of thioether (sulfide) groups is 1. The molecule has 1 aliphatic heterocycles. The minimum atomic E-state index is -1.07. The second-order valence-electron chi connectivity index (χ2n) is 5.59. The van der Waals surface area contributed by atoms with Gasteiger partial charge in [-0.05, 0) is 36.1 Å². The summed E-state index contributed by atoms with van der Waals surface area (Å²) < 4.78 is 13.2. The van der Waals surface area contributed by atoms with Crippen molar-refractivity contribution in [2.24, 2.45) is 5.92 Å². The summed E-state index contributed by atoms with van der Waals surface area (Å²) in [5.74, 6) is -1.74. The number of carbonyl (C=O) groups is 2. The molecular weight excluding hydrogens is 337 g/mol. The van der Waals surface area contributed by atoms with Gasteiger partial charge in [-0.1, -0.05) is 50.0 Å². The van der Waals surface area contributed by atoms with E-state index in [9.17, 15) is 19.1 Å². The van der Waals surface area contributed by atoms with Crippen molar-refractivity contribution in [3.05, 3.63) is 40.6 Å². The molecule has 1 N–H and O–H groups in total. The highest BCUT2D eigenvalue weighted by Crippen LogP contribution is 2.35. The van der Waals surface area contributed by atoms with E-state index in [1.165, 1.54) is 12.1 Å². The van der Waals surface area contributed by atoms with E-state index in [0.717, 1.165) is 16.7 Å². The first kappa shape index (κ1) is 17.6. The molecule has 2 rings (SSSR count). The SMILES string of the molecule is CC(C)C[C@H](C(=O)O)N1C(=O)/C(=C/c2ccc(F)cc2)SC1=S. The molecule has 23 heavy (non-hydrogen) atoms. The molecule has 1 aliphatic rings. The Bertz CT molecular complexity index is 670. The fourth-order valence-electron chi connectivity index (χ4n) is 2.22. The van der Waals surface area contributed by atoms with E-state index in [1.807, 2.05) is 13.8 Å². The lowest BCUT2D eigenvalue weighted by atomic mass is 10.0. The van der Waals surface area contributed by atoms with Gasteiger partial charge in [0, 0.05) is 0 Å². The predicted octanol–water partition coefficient (Wildman–Crippen LogP) is 3.53. The van der Waals surface area contributed by atoms with Crippen molar-refractivity contribution in [2.75, 3.05) is 0 Å². The first-order chi connectivity index (χ1) is 10.8. The van der Waals surface area contributed by atoms with Gasteiger partial charge >= 0.3 is 5.97 Å². The number of hydrogen-bond donors (Lipinski definition) is 1. The van der Waals surface area contributed by atoms with E-state index in [-0.39, 0.29) is 16.1 Å². The zero-order valence-corrected chi connectivity index (χ0v) is 14.3. The molecular formula is C16H16FNO3S2. The number of amides is 1. The summed E-state index contributed by atoms with van der Waals surface area (Å²) in [6.45, 7) is 3.78. The number of nitrogens with zero attached hydrogens (tertiary/aromatic N) is 1. The van der Waals surface area contributed by atoms with Gasteiger partial charge in [-0.3, -0.25) is 9.69 Å². The monoisotopic (exact) mass is 353 g/mol. The van der Waals surface area contributed by atoms with Gasteiger partial charge in [-0.25, -0.2) is 9.18 Å². The molecule has 0 spiro atoms. The van der Waals surface area contributed by atoms with Crippen LogP contribution in [-0.4, -0.2) is 32.2 Å². The van der Waals surface area contributed by atoms with E-state index < -0.39 is 17.9 Å². The number of carboxylic acids is 1. The van der Waals surface area contributed by atoms with Crippen molar-refractivity contribution in [3.8, 4) is 0 Å². The third-order valence-corrected chi connectivity index (χ3v) is 4.61. The summed E-state index contributed by atoms with van der Waals surface area (Å²) in [5, 5.41) is 9.40. The second-order valence-corrected chi connectivity index (χ2v) is 7.26. The molecule has 0 bridgehead atoms. The van der Waals surface area contributed by atoms with Crippen molar-refractivity contribution in [1.29, 1.82) is 0 Å². The maximum Gasteiger partial charge on any atom is 0.326 e. The molecule has 4 nitrogen and oxygen atoms in total. The van der Waals surface area contributed by atoms with Crippen LogP contribution in [0.3, 0.4) is 0 Å². The van der Waals surface area contributed by atoms with Crippen LogP contribution in [0.1, 0.15) is 25.8 Å². The molecule has 0 radical (unpaired) electrons. The molecule has 0 unspecified atom stereocenters. The van der Waals surface area contributed by atoms with Crippen molar-refractivity contribution < 1.29 is 19.1 Å². The van der Waals surface area contributed by atoms with Gasteiger partial charge < -0.3 is 5.11 Å². The number of rotatable bonds is 5. The normalized spacial score (nSPS) is 18.1. The molecule has 7 heteroatoms. The summed E-state index contributed by atoms with van der Waals surface area (Å²) in [6, 6.07) is 4.72. The average molecular weight is 353 g/mol. The zero-order chi connectivity index (χ0) is 17.1. The van der Waals surface area contributed by atoms with Gasteiger partial charge in [-0.2, -0.15) is 0 Å². The molecule has 1 amide bonds. The Balaban J connectivity index is 2.28. The van der Waals surface area contributed by atoms with Crippen LogP contribution in [0.4, 0.5) is 4.39 Å². The van der Waals surface area contributed by atoms with Crippen LogP contribution < -0.4 is 0 Å². The summed E-state index contributed by atoms with van der Waals surface area (Å²) in [6.07, 6.45) is 1.92. The molecule has 122 valence electrons. The van der Waals surface area contributed by atoms with Crippen molar-refractivity contribution in [2.45, 2.75) is 26.3 Å². The number of halogens is 1. The summed E-state index contributed by atoms with van der Waals surface area (Å²) in [4.78, 5) is 25.5. The third-order valence-electron chi connectivity index (χ3n) is 3.28. The standard InChI is InChI=1S/C16H16FNO3S2/c1-9(2)7-12(15(20)21)18-14(19)13(23-16(18)22)8-10-3-5-11(17)6-4-10/h3-6,8-9,12H,7H2,1-2H3,(H,20,21)/b13-8-/t12-/m1/s1. The van der Waals surface area contributed by atoms with Gasteiger partial charge in [0.2, 0.25) is 0 Å². The fraction of sp³-hybridized carbons (Fsp3) is 0.312. The van der Waals surface area contributed by atoms with Crippen LogP contribution in [0.2, 0.25) is 0 Å².